The lowest BCUT2D eigenvalue weighted by molar-refractivity contribution is -0.132. The van der Waals surface area contributed by atoms with Crippen molar-refractivity contribution in [2.45, 2.75) is 58.0 Å². The Morgan fingerprint density at radius 3 is 2.47 bits per heavy atom. The molecular formula is C12H23N3O2. The molecule has 1 aliphatic carbocycles. The molecule has 2 atom stereocenters. The fraction of sp³-hybridized carbons (Fsp3) is 0.833. The molecule has 1 fully saturated rings. The van der Waals surface area contributed by atoms with Gasteiger partial charge in [-0.25, -0.2) is 0 Å². The molecule has 17 heavy (non-hydrogen) atoms. The summed E-state index contributed by atoms with van der Waals surface area (Å²) in [6.07, 6.45) is 2.78. The molecule has 1 saturated carbocycles. The second-order valence-corrected chi connectivity index (χ2v) is 5.90. The lowest BCUT2D eigenvalue weighted by Crippen LogP contribution is -2.54. The number of carbonyl (C=O) groups is 2. The molecule has 0 saturated heterocycles. The third kappa shape index (κ3) is 3.19. The normalized spacial score (nSPS) is 29.1. The fourth-order valence-electron chi connectivity index (χ4n) is 2.40. The summed E-state index contributed by atoms with van der Waals surface area (Å²) in [5, 5.41) is 2.88. The van der Waals surface area contributed by atoms with Gasteiger partial charge in [0.25, 0.3) is 0 Å². The maximum atomic E-state index is 12.2. The number of hydrogen-bond donors (Lipinski definition) is 3. The quantitative estimate of drug-likeness (QED) is 0.659. The Labute approximate surface area is 102 Å². The Morgan fingerprint density at radius 2 is 2.06 bits per heavy atom. The largest absolute Gasteiger partial charge is 0.370 e. The van der Waals surface area contributed by atoms with Crippen LogP contribution in [0.4, 0.5) is 0 Å². The molecule has 0 aromatic carbocycles. The third-order valence-electron chi connectivity index (χ3n) is 3.62. The maximum absolute atomic E-state index is 12.2. The van der Waals surface area contributed by atoms with Crippen molar-refractivity contribution in [1.29, 1.82) is 0 Å². The van der Waals surface area contributed by atoms with Crippen LogP contribution in [-0.4, -0.2) is 23.4 Å². The van der Waals surface area contributed by atoms with Gasteiger partial charge in [0.2, 0.25) is 11.8 Å². The van der Waals surface area contributed by atoms with Gasteiger partial charge < -0.3 is 16.8 Å². The van der Waals surface area contributed by atoms with Gasteiger partial charge in [-0.1, -0.05) is 6.42 Å². The van der Waals surface area contributed by atoms with E-state index in [1.165, 1.54) is 0 Å². The van der Waals surface area contributed by atoms with E-state index in [2.05, 4.69) is 5.32 Å². The predicted molar refractivity (Wildman–Crippen MR) is 66.0 cm³/mol. The van der Waals surface area contributed by atoms with Gasteiger partial charge in [0, 0.05) is 18.0 Å². The van der Waals surface area contributed by atoms with Gasteiger partial charge in [0.05, 0.1) is 5.41 Å². The molecule has 5 nitrogen and oxygen atoms in total. The molecule has 5 N–H and O–H groups in total. The Morgan fingerprint density at radius 1 is 1.47 bits per heavy atom. The number of hydrogen-bond acceptors (Lipinski definition) is 3. The summed E-state index contributed by atoms with van der Waals surface area (Å²) < 4.78 is 0. The molecule has 0 aromatic heterocycles. The molecule has 0 aliphatic heterocycles. The van der Waals surface area contributed by atoms with Gasteiger partial charge in [0.1, 0.15) is 0 Å². The molecule has 0 radical (unpaired) electrons. The van der Waals surface area contributed by atoms with Crippen LogP contribution < -0.4 is 16.8 Å². The summed E-state index contributed by atoms with van der Waals surface area (Å²) in [4.78, 5) is 23.1. The van der Waals surface area contributed by atoms with Crippen LogP contribution in [0, 0.1) is 5.41 Å². The number of primary amides is 1. The SMILES string of the molecule is CC(C)(CC(N)=O)NC(=O)C1(C)CCCC1N. The smallest absolute Gasteiger partial charge is 0.227 e. The minimum Gasteiger partial charge on any atom is -0.370 e. The summed E-state index contributed by atoms with van der Waals surface area (Å²) in [6.45, 7) is 5.47. The molecule has 5 heteroatoms. The average molecular weight is 241 g/mol. The van der Waals surface area contributed by atoms with Gasteiger partial charge in [-0.05, 0) is 33.6 Å². The first-order valence-electron chi connectivity index (χ1n) is 6.04. The zero-order valence-corrected chi connectivity index (χ0v) is 10.9. The second kappa shape index (κ2) is 4.64. The zero-order valence-electron chi connectivity index (χ0n) is 10.9. The van der Waals surface area contributed by atoms with Crippen LogP contribution in [0.5, 0.6) is 0 Å². The molecule has 0 aromatic rings. The van der Waals surface area contributed by atoms with Crippen LogP contribution in [0.15, 0.2) is 0 Å². The van der Waals surface area contributed by atoms with E-state index in [1.807, 2.05) is 6.92 Å². The van der Waals surface area contributed by atoms with E-state index in [-0.39, 0.29) is 18.4 Å². The van der Waals surface area contributed by atoms with E-state index in [4.69, 9.17) is 11.5 Å². The van der Waals surface area contributed by atoms with Gasteiger partial charge in [0.15, 0.2) is 0 Å². The fourth-order valence-corrected chi connectivity index (χ4v) is 2.40. The Bertz CT molecular complexity index is 328. The standard InChI is InChI=1S/C12H23N3O2/c1-11(2,7-9(14)16)15-10(17)12(3)6-4-5-8(12)13/h8H,4-7,13H2,1-3H3,(H2,14,16)(H,15,17). The lowest BCUT2D eigenvalue weighted by Gasteiger charge is -2.33. The highest BCUT2D eigenvalue weighted by Crippen LogP contribution is 2.37. The van der Waals surface area contributed by atoms with E-state index in [0.29, 0.717) is 0 Å². The van der Waals surface area contributed by atoms with Crippen molar-refractivity contribution < 1.29 is 9.59 Å². The summed E-state index contributed by atoms with van der Waals surface area (Å²) in [7, 11) is 0. The summed E-state index contributed by atoms with van der Waals surface area (Å²) in [5.41, 5.74) is 10.00. The highest BCUT2D eigenvalue weighted by atomic mass is 16.2. The molecule has 0 spiro atoms. The molecular weight excluding hydrogens is 218 g/mol. The van der Waals surface area contributed by atoms with Crippen LogP contribution in [0.2, 0.25) is 0 Å². The Hall–Kier alpha value is -1.10. The molecule has 0 bridgehead atoms. The van der Waals surface area contributed by atoms with E-state index in [0.717, 1.165) is 19.3 Å². The Kier molecular flexibility index (Phi) is 3.81. The minimum absolute atomic E-state index is 0.0752. The maximum Gasteiger partial charge on any atom is 0.227 e. The van der Waals surface area contributed by atoms with Crippen LogP contribution in [0.1, 0.15) is 46.5 Å². The van der Waals surface area contributed by atoms with Crippen LogP contribution in [-0.2, 0) is 9.59 Å². The van der Waals surface area contributed by atoms with Crippen molar-refractivity contribution in [3.05, 3.63) is 0 Å². The zero-order chi connectivity index (χ0) is 13.3. The van der Waals surface area contributed by atoms with Gasteiger partial charge in [-0.3, -0.25) is 9.59 Å². The number of nitrogens with two attached hydrogens (primary N) is 2. The molecule has 2 unspecified atom stereocenters. The first kappa shape index (κ1) is 14.0. The second-order valence-electron chi connectivity index (χ2n) is 5.90. The van der Waals surface area contributed by atoms with Crippen molar-refractivity contribution in [2.24, 2.45) is 16.9 Å². The third-order valence-corrected chi connectivity index (χ3v) is 3.62. The van der Waals surface area contributed by atoms with Crippen LogP contribution in [0.25, 0.3) is 0 Å². The molecule has 98 valence electrons. The number of carbonyl (C=O) groups excluding carboxylic acids is 2. The van der Waals surface area contributed by atoms with E-state index < -0.39 is 16.9 Å². The van der Waals surface area contributed by atoms with Gasteiger partial charge in [-0.2, -0.15) is 0 Å². The Balaban J connectivity index is 2.68. The summed E-state index contributed by atoms with van der Waals surface area (Å²) in [6, 6.07) is -0.105. The highest BCUT2D eigenvalue weighted by Gasteiger charge is 2.44. The van der Waals surface area contributed by atoms with Crippen LogP contribution in [0.3, 0.4) is 0 Å². The first-order valence-corrected chi connectivity index (χ1v) is 6.04. The van der Waals surface area contributed by atoms with Crippen molar-refractivity contribution in [3.8, 4) is 0 Å². The van der Waals surface area contributed by atoms with E-state index in [9.17, 15) is 9.59 Å². The van der Waals surface area contributed by atoms with Gasteiger partial charge in [-0.15, -0.1) is 0 Å². The lowest BCUT2D eigenvalue weighted by atomic mass is 9.83. The molecule has 1 rings (SSSR count). The van der Waals surface area contributed by atoms with E-state index in [1.54, 1.807) is 13.8 Å². The summed E-state index contributed by atoms with van der Waals surface area (Å²) in [5.74, 6) is -0.495. The highest BCUT2D eigenvalue weighted by molar-refractivity contribution is 5.85. The minimum atomic E-state index is -0.617. The van der Waals surface area contributed by atoms with Crippen molar-refractivity contribution >= 4 is 11.8 Å². The molecule has 0 heterocycles. The number of rotatable bonds is 4. The number of nitrogens with one attached hydrogen (secondary N) is 1. The summed E-state index contributed by atoms with van der Waals surface area (Å²) >= 11 is 0. The van der Waals surface area contributed by atoms with E-state index >= 15 is 0 Å². The van der Waals surface area contributed by atoms with Crippen molar-refractivity contribution in [2.75, 3.05) is 0 Å². The molecule has 2 amide bonds. The molecule has 1 aliphatic rings. The first-order chi connectivity index (χ1) is 7.67. The van der Waals surface area contributed by atoms with Crippen LogP contribution >= 0.6 is 0 Å². The van der Waals surface area contributed by atoms with Crippen molar-refractivity contribution in [3.63, 3.8) is 0 Å². The monoisotopic (exact) mass is 241 g/mol. The van der Waals surface area contributed by atoms with Gasteiger partial charge >= 0.3 is 0 Å². The predicted octanol–water partition coefficient (Wildman–Crippen LogP) is 0.274. The average Bonchev–Trinajstić information content (AvgIpc) is 2.45. The van der Waals surface area contributed by atoms with Crippen molar-refractivity contribution in [1.82, 2.24) is 5.32 Å². The number of amides is 2. The topological polar surface area (TPSA) is 98.2 Å².